The molecule has 35 heavy (non-hydrogen) atoms. The summed E-state index contributed by atoms with van der Waals surface area (Å²) in [6, 6.07) is 21.4. The predicted octanol–water partition coefficient (Wildman–Crippen LogP) is 4.75. The number of rotatable bonds is 5. The normalized spacial score (nSPS) is 19.9. The Hall–Kier alpha value is -4.00. The SMILES string of the molecule is Cn1nc(-c2ccc(F)cc2)c2ccc(N3C(=O)CC(NC(=O)C4CC4)C3c3ccccc3)cc21. The van der Waals surface area contributed by atoms with Gasteiger partial charge in [0.15, 0.2) is 0 Å². The van der Waals surface area contributed by atoms with Crippen molar-refractivity contribution in [3.8, 4) is 11.3 Å². The molecule has 4 aromatic rings. The molecule has 2 amide bonds. The monoisotopic (exact) mass is 468 g/mol. The highest BCUT2D eigenvalue weighted by atomic mass is 19.1. The van der Waals surface area contributed by atoms with Crippen LogP contribution >= 0.6 is 0 Å². The number of amides is 2. The first-order chi connectivity index (χ1) is 17.0. The van der Waals surface area contributed by atoms with Gasteiger partial charge in [0, 0.05) is 36.0 Å². The number of aromatic nitrogens is 2. The average Bonchev–Trinajstić information content (AvgIpc) is 3.60. The average molecular weight is 469 g/mol. The lowest BCUT2D eigenvalue weighted by molar-refractivity contribution is -0.123. The third-order valence-electron chi connectivity index (χ3n) is 6.97. The summed E-state index contributed by atoms with van der Waals surface area (Å²) in [4.78, 5) is 27.7. The second-order valence-electron chi connectivity index (χ2n) is 9.39. The highest BCUT2D eigenvalue weighted by Crippen LogP contribution is 2.40. The van der Waals surface area contributed by atoms with Crippen LogP contribution in [0.15, 0.2) is 72.8 Å². The summed E-state index contributed by atoms with van der Waals surface area (Å²) in [6.07, 6.45) is 2.09. The lowest BCUT2D eigenvalue weighted by atomic mass is 9.99. The van der Waals surface area contributed by atoms with Gasteiger partial charge in [0.05, 0.1) is 17.6 Å². The second-order valence-corrected chi connectivity index (χ2v) is 9.39. The molecule has 0 bridgehead atoms. The molecule has 0 radical (unpaired) electrons. The number of fused-ring (bicyclic) bond motifs is 1. The Morgan fingerprint density at radius 2 is 1.77 bits per heavy atom. The van der Waals surface area contributed by atoms with Crippen molar-refractivity contribution < 1.29 is 14.0 Å². The number of anilines is 1. The largest absolute Gasteiger partial charge is 0.350 e. The summed E-state index contributed by atoms with van der Waals surface area (Å²) in [5, 5.41) is 8.74. The number of aryl methyl sites for hydroxylation is 1. The molecule has 1 saturated carbocycles. The fraction of sp³-hybridized carbons (Fsp3) is 0.250. The zero-order valence-electron chi connectivity index (χ0n) is 19.3. The van der Waals surface area contributed by atoms with Gasteiger partial charge in [-0.2, -0.15) is 5.10 Å². The van der Waals surface area contributed by atoms with E-state index in [0.29, 0.717) is 0 Å². The van der Waals surface area contributed by atoms with Crippen LogP contribution in [0.2, 0.25) is 0 Å². The van der Waals surface area contributed by atoms with E-state index in [1.54, 1.807) is 21.7 Å². The molecule has 1 aliphatic heterocycles. The van der Waals surface area contributed by atoms with E-state index in [1.165, 1.54) is 12.1 Å². The highest BCUT2D eigenvalue weighted by molar-refractivity contribution is 6.01. The number of halogens is 1. The quantitative estimate of drug-likeness (QED) is 0.460. The summed E-state index contributed by atoms with van der Waals surface area (Å²) < 4.78 is 15.2. The van der Waals surface area contributed by atoms with E-state index in [1.807, 2.05) is 55.6 Å². The van der Waals surface area contributed by atoms with Crippen LogP contribution in [0.3, 0.4) is 0 Å². The Bertz CT molecular complexity index is 1430. The molecule has 1 N–H and O–H groups in total. The van der Waals surface area contributed by atoms with Crippen LogP contribution in [0.5, 0.6) is 0 Å². The van der Waals surface area contributed by atoms with Crippen molar-refractivity contribution in [3.05, 3.63) is 84.2 Å². The molecule has 176 valence electrons. The fourth-order valence-corrected chi connectivity index (χ4v) is 5.06. The number of carbonyl (C=O) groups excluding carboxylic acids is 2. The Morgan fingerprint density at radius 1 is 1.03 bits per heavy atom. The maximum absolute atomic E-state index is 13.4. The Labute approximate surface area is 202 Å². The number of hydrogen-bond acceptors (Lipinski definition) is 3. The lowest BCUT2D eigenvalue weighted by Gasteiger charge is -2.29. The third-order valence-corrected chi connectivity index (χ3v) is 6.97. The molecule has 2 fully saturated rings. The van der Waals surface area contributed by atoms with Gasteiger partial charge >= 0.3 is 0 Å². The first kappa shape index (κ1) is 21.5. The first-order valence-corrected chi connectivity index (χ1v) is 11.9. The lowest BCUT2D eigenvalue weighted by Crippen LogP contribution is -2.40. The van der Waals surface area contributed by atoms with Crippen LogP contribution in [0.4, 0.5) is 10.1 Å². The zero-order chi connectivity index (χ0) is 24.1. The van der Waals surface area contributed by atoms with E-state index in [4.69, 9.17) is 0 Å². The molecule has 3 aromatic carbocycles. The van der Waals surface area contributed by atoms with Crippen LogP contribution in [0.1, 0.15) is 30.9 Å². The number of hydrogen-bond donors (Lipinski definition) is 1. The Kier molecular flexibility index (Phi) is 5.13. The van der Waals surface area contributed by atoms with Crippen LogP contribution in [0.25, 0.3) is 22.2 Å². The van der Waals surface area contributed by atoms with E-state index in [9.17, 15) is 14.0 Å². The number of nitrogens with zero attached hydrogens (tertiary/aromatic N) is 3. The molecule has 7 heteroatoms. The van der Waals surface area contributed by atoms with E-state index >= 15 is 0 Å². The van der Waals surface area contributed by atoms with Crippen LogP contribution in [-0.4, -0.2) is 27.6 Å². The second kappa shape index (κ2) is 8.34. The van der Waals surface area contributed by atoms with Gasteiger partial charge in [-0.15, -0.1) is 0 Å². The molecule has 6 nitrogen and oxygen atoms in total. The molecule has 2 aliphatic rings. The summed E-state index contributed by atoms with van der Waals surface area (Å²) in [5.74, 6) is -0.206. The predicted molar refractivity (Wildman–Crippen MR) is 132 cm³/mol. The third kappa shape index (κ3) is 3.87. The fourth-order valence-electron chi connectivity index (χ4n) is 5.06. The van der Waals surface area contributed by atoms with Gasteiger partial charge in [0.1, 0.15) is 11.5 Å². The molecular formula is C28H25FN4O2. The van der Waals surface area contributed by atoms with Crippen LogP contribution in [-0.2, 0) is 16.6 Å². The molecule has 6 rings (SSSR count). The number of nitrogens with one attached hydrogen (secondary N) is 1. The van der Waals surface area contributed by atoms with E-state index in [0.717, 1.165) is 46.3 Å². The van der Waals surface area contributed by atoms with Gasteiger partial charge in [0.2, 0.25) is 11.8 Å². The summed E-state index contributed by atoms with van der Waals surface area (Å²) in [7, 11) is 1.86. The number of carbonyl (C=O) groups is 2. The standard InChI is InChI=1S/C28H25FN4O2/c1-32-24-15-21(13-14-22(24)26(31-32)17-9-11-20(29)12-10-17)33-25(34)16-23(30-28(35)19-7-8-19)27(33)18-5-3-2-4-6-18/h2-6,9-15,19,23,27H,7-8,16H2,1H3,(H,30,35). The maximum Gasteiger partial charge on any atom is 0.229 e. The van der Waals surface area contributed by atoms with Crippen molar-refractivity contribution in [1.29, 1.82) is 0 Å². The maximum atomic E-state index is 13.4. The van der Waals surface area contributed by atoms with Gasteiger partial charge in [-0.05, 0) is 60.9 Å². The minimum atomic E-state index is -0.298. The Balaban J connectivity index is 1.40. The van der Waals surface area contributed by atoms with Crippen molar-refractivity contribution in [1.82, 2.24) is 15.1 Å². The summed E-state index contributed by atoms with van der Waals surface area (Å²) in [6.45, 7) is 0. The molecule has 1 aliphatic carbocycles. The van der Waals surface area contributed by atoms with E-state index in [2.05, 4.69) is 10.4 Å². The van der Waals surface area contributed by atoms with Crippen LogP contribution in [0, 0.1) is 11.7 Å². The van der Waals surface area contributed by atoms with Crippen molar-refractivity contribution in [2.75, 3.05) is 4.90 Å². The van der Waals surface area contributed by atoms with Gasteiger partial charge in [0.25, 0.3) is 0 Å². The van der Waals surface area contributed by atoms with Crippen molar-refractivity contribution in [3.63, 3.8) is 0 Å². The highest BCUT2D eigenvalue weighted by Gasteiger charge is 2.44. The van der Waals surface area contributed by atoms with Crippen molar-refractivity contribution in [2.24, 2.45) is 13.0 Å². The smallest absolute Gasteiger partial charge is 0.229 e. The molecular weight excluding hydrogens is 443 g/mol. The summed E-state index contributed by atoms with van der Waals surface area (Å²) in [5.41, 5.74) is 4.19. The Morgan fingerprint density at radius 3 is 2.49 bits per heavy atom. The van der Waals surface area contributed by atoms with Crippen molar-refractivity contribution in [2.45, 2.75) is 31.3 Å². The molecule has 2 atom stereocenters. The van der Waals surface area contributed by atoms with Crippen LogP contribution < -0.4 is 10.2 Å². The minimum absolute atomic E-state index is 0.0276. The number of benzene rings is 3. The molecule has 1 saturated heterocycles. The molecule has 2 heterocycles. The van der Waals surface area contributed by atoms with E-state index < -0.39 is 0 Å². The first-order valence-electron chi connectivity index (χ1n) is 11.9. The van der Waals surface area contributed by atoms with E-state index in [-0.39, 0.29) is 42.1 Å². The van der Waals surface area contributed by atoms with Crippen molar-refractivity contribution >= 4 is 28.4 Å². The zero-order valence-corrected chi connectivity index (χ0v) is 19.3. The topological polar surface area (TPSA) is 67.2 Å². The molecule has 2 unspecified atom stereocenters. The van der Waals surface area contributed by atoms with Gasteiger partial charge < -0.3 is 10.2 Å². The van der Waals surface area contributed by atoms with Gasteiger partial charge in [-0.1, -0.05) is 30.3 Å². The minimum Gasteiger partial charge on any atom is -0.350 e. The molecule has 1 aromatic heterocycles. The van der Waals surface area contributed by atoms with Gasteiger partial charge in [-0.25, -0.2) is 4.39 Å². The van der Waals surface area contributed by atoms with Gasteiger partial charge in [-0.3, -0.25) is 14.3 Å². The molecule has 0 spiro atoms. The summed E-state index contributed by atoms with van der Waals surface area (Å²) >= 11 is 0.